The first-order valence-electron chi connectivity index (χ1n) is 15.9. The second kappa shape index (κ2) is 10.4. The number of nitrogens with zero attached hydrogens (tertiary/aromatic N) is 1. The minimum absolute atomic E-state index is 0.0704. The van der Waals surface area contributed by atoms with E-state index < -0.39 is 0 Å². The Labute approximate surface area is 266 Å². The largest absolute Gasteiger partial charge is 0.380 e. The number of nitrogens with one attached hydrogen (secondary N) is 1. The van der Waals surface area contributed by atoms with Crippen LogP contribution in [0.4, 0.5) is 22.7 Å². The van der Waals surface area contributed by atoms with Crippen LogP contribution in [0, 0.1) is 0 Å². The maximum Gasteiger partial charge on any atom is 0.0713 e. The average molecular weight is 587 g/mol. The van der Waals surface area contributed by atoms with Crippen molar-refractivity contribution in [1.29, 1.82) is 0 Å². The molecule has 0 fully saturated rings. The third-order valence-corrected chi connectivity index (χ3v) is 10.1. The van der Waals surface area contributed by atoms with Crippen molar-refractivity contribution in [3.8, 4) is 22.3 Å². The molecule has 0 spiro atoms. The highest BCUT2D eigenvalue weighted by Crippen LogP contribution is 2.54. The van der Waals surface area contributed by atoms with Crippen molar-refractivity contribution >= 4 is 22.7 Å². The Morgan fingerprint density at radius 2 is 1.42 bits per heavy atom. The van der Waals surface area contributed by atoms with Gasteiger partial charge in [-0.2, -0.15) is 0 Å². The van der Waals surface area contributed by atoms with Crippen molar-refractivity contribution in [2.45, 2.75) is 44.2 Å². The van der Waals surface area contributed by atoms with E-state index in [1.165, 1.54) is 55.9 Å². The summed E-state index contributed by atoms with van der Waals surface area (Å²) in [5.41, 5.74) is 14.9. The Hall–Kier alpha value is -4.86. The zero-order valence-corrected chi connectivity index (χ0v) is 26.3. The highest BCUT2D eigenvalue weighted by molar-refractivity contribution is 5.84. The molecule has 3 heteroatoms. The fourth-order valence-corrected chi connectivity index (χ4v) is 7.83. The van der Waals surface area contributed by atoms with Crippen LogP contribution in [0.15, 0.2) is 133 Å². The summed E-state index contributed by atoms with van der Waals surface area (Å²) < 4.78 is 5.40. The zero-order valence-electron chi connectivity index (χ0n) is 26.3. The lowest BCUT2D eigenvalue weighted by Crippen LogP contribution is -2.41. The van der Waals surface area contributed by atoms with Gasteiger partial charge in [0.2, 0.25) is 0 Å². The predicted molar refractivity (Wildman–Crippen MR) is 188 cm³/mol. The van der Waals surface area contributed by atoms with Crippen LogP contribution in [0.25, 0.3) is 22.3 Å². The van der Waals surface area contributed by atoms with Gasteiger partial charge in [0.15, 0.2) is 0 Å². The van der Waals surface area contributed by atoms with E-state index in [2.05, 4.69) is 164 Å². The molecule has 1 aliphatic heterocycles. The van der Waals surface area contributed by atoms with Gasteiger partial charge in [0, 0.05) is 41.2 Å². The quantitative estimate of drug-likeness (QED) is 0.214. The van der Waals surface area contributed by atoms with Gasteiger partial charge in [0.1, 0.15) is 0 Å². The van der Waals surface area contributed by atoms with Gasteiger partial charge in [-0.25, -0.2) is 0 Å². The van der Waals surface area contributed by atoms with Crippen LogP contribution >= 0.6 is 0 Å². The molecule has 1 heterocycles. The van der Waals surface area contributed by atoms with E-state index in [1.807, 2.05) is 0 Å². The first-order chi connectivity index (χ1) is 21.9. The molecule has 0 saturated heterocycles. The molecule has 8 rings (SSSR count). The molecule has 45 heavy (non-hydrogen) atoms. The molecule has 0 saturated carbocycles. The van der Waals surface area contributed by atoms with E-state index in [4.69, 9.17) is 4.74 Å². The van der Waals surface area contributed by atoms with Crippen molar-refractivity contribution in [3.63, 3.8) is 0 Å². The minimum atomic E-state index is -0.136. The van der Waals surface area contributed by atoms with Crippen molar-refractivity contribution in [1.82, 2.24) is 0 Å². The Balaban J connectivity index is 1.06. The summed E-state index contributed by atoms with van der Waals surface area (Å²) in [5.74, 6) is 0.292. The lowest BCUT2D eigenvalue weighted by Gasteiger charge is -2.39. The standard InChI is InChI=1S/C42H38N2O/c1-41(2)38-24-28(27-45-4)13-20-34(38)35-21-19-32(26-39(35)41)43-31-17-14-29(15-18-31)30-16-22-40-36(25-30)37-12-8-9-23-42(37,3)44(40)33-10-6-5-7-11-33/h5-26,37,43H,27H2,1-4H3. The molecule has 2 atom stereocenters. The second-order valence-corrected chi connectivity index (χ2v) is 13.3. The highest BCUT2D eigenvalue weighted by Gasteiger charge is 2.47. The van der Waals surface area contributed by atoms with E-state index in [1.54, 1.807) is 7.11 Å². The van der Waals surface area contributed by atoms with E-state index in [0.29, 0.717) is 12.5 Å². The van der Waals surface area contributed by atoms with Gasteiger partial charge in [-0.05, 0) is 100.0 Å². The van der Waals surface area contributed by atoms with Crippen molar-refractivity contribution < 1.29 is 4.74 Å². The van der Waals surface area contributed by atoms with Crippen LogP contribution < -0.4 is 10.2 Å². The molecule has 3 nitrogen and oxygen atoms in total. The van der Waals surface area contributed by atoms with Crippen LogP contribution in [0.5, 0.6) is 0 Å². The molecule has 0 radical (unpaired) electrons. The molecular weight excluding hydrogens is 548 g/mol. The van der Waals surface area contributed by atoms with Gasteiger partial charge in [0.05, 0.1) is 12.1 Å². The average Bonchev–Trinajstić information content (AvgIpc) is 3.45. The number of hydrogen-bond acceptors (Lipinski definition) is 3. The number of methoxy groups -OCH3 is 1. The van der Waals surface area contributed by atoms with E-state index in [0.717, 1.165) is 11.4 Å². The van der Waals surface area contributed by atoms with E-state index in [9.17, 15) is 0 Å². The molecule has 222 valence electrons. The molecule has 5 aromatic carbocycles. The molecule has 2 unspecified atom stereocenters. The summed E-state index contributed by atoms with van der Waals surface area (Å²) in [6.07, 6.45) is 9.08. The molecular formula is C42H38N2O. The van der Waals surface area contributed by atoms with Crippen LogP contribution in [0.1, 0.15) is 48.9 Å². The molecule has 1 N–H and O–H groups in total. The Kier molecular flexibility index (Phi) is 6.37. The van der Waals surface area contributed by atoms with E-state index >= 15 is 0 Å². The van der Waals surface area contributed by atoms with Crippen LogP contribution in [-0.4, -0.2) is 12.6 Å². The van der Waals surface area contributed by atoms with E-state index in [-0.39, 0.29) is 11.0 Å². The smallest absolute Gasteiger partial charge is 0.0713 e. The number of para-hydroxylation sites is 1. The number of benzene rings is 5. The first-order valence-corrected chi connectivity index (χ1v) is 15.9. The minimum Gasteiger partial charge on any atom is -0.380 e. The number of allylic oxidation sites excluding steroid dienone is 2. The van der Waals surface area contributed by atoms with Gasteiger partial charge < -0.3 is 15.0 Å². The van der Waals surface area contributed by atoms with Crippen molar-refractivity contribution in [2.75, 3.05) is 17.3 Å². The third-order valence-electron chi connectivity index (χ3n) is 10.1. The monoisotopic (exact) mass is 586 g/mol. The van der Waals surface area contributed by atoms with Crippen molar-refractivity contribution in [3.05, 3.63) is 156 Å². The third kappa shape index (κ3) is 4.37. The maximum atomic E-state index is 5.40. The SMILES string of the molecule is COCc1ccc2c(c1)C(C)(C)c1cc(Nc3ccc(-c4ccc5c(c4)C4C=CC=CC4(C)N5c4ccccc4)cc3)ccc1-2. The van der Waals surface area contributed by atoms with Crippen molar-refractivity contribution in [2.24, 2.45) is 0 Å². The summed E-state index contributed by atoms with van der Waals surface area (Å²) in [6, 6.07) is 40.1. The summed E-state index contributed by atoms with van der Waals surface area (Å²) in [5, 5.41) is 3.67. The fraction of sp³-hybridized carbons (Fsp3) is 0.190. The Bertz CT molecular complexity index is 1990. The van der Waals surface area contributed by atoms with Gasteiger partial charge in [-0.1, -0.05) is 98.8 Å². The number of rotatable bonds is 6. The normalized spacial score (nSPS) is 20.0. The molecule has 0 aromatic heterocycles. The predicted octanol–water partition coefficient (Wildman–Crippen LogP) is 10.7. The fourth-order valence-electron chi connectivity index (χ4n) is 7.83. The van der Waals surface area contributed by atoms with Crippen LogP contribution in [0.2, 0.25) is 0 Å². The van der Waals surface area contributed by atoms with Crippen LogP contribution in [0.3, 0.4) is 0 Å². The number of ether oxygens (including phenoxy) is 1. The first kappa shape index (κ1) is 27.7. The summed E-state index contributed by atoms with van der Waals surface area (Å²) in [4.78, 5) is 2.50. The Morgan fingerprint density at radius 1 is 0.711 bits per heavy atom. The second-order valence-electron chi connectivity index (χ2n) is 13.3. The molecule has 0 amide bonds. The number of hydrogen-bond donors (Lipinski definition) is 1. The molecule has 2 aliphatic carbocycles. The van der Waals surface area contributed by atoms with Gasteiger partial charge >= 0.3 is 0 Å². The lowest BCUT2D eigenvalue weighted by molar-refractivity contribution is 0.185. The summed E-state index contributed by atoms with van der Waals surface area (Å²) >= 11 is 0. The molecule has 0 bridgehead atoms. The highest BCUT2D eigenvalue weighted by atomic mass is 16.5. The summed E-state index contributed by atoms with van der Waals surface area (Å²) in [6.45, 7) is 7.63. The van der Waals surface area contributed by atoms with Crippen LogP contribution in [-0.2, 0) is 16.8 Å². The van der Waals surface area contributed by atoms with Gasteiger partial charge in [0.25, 0.3) is 0 Å². The number of anilines is 4. The summed E-state index contributed by atoms with van der Waals surface area (Å²) in [7, 11) is 1.75. The van der Waals surface area contributed by atoms with Gasteiger partial charge in [-0.15, -0.1) is 0 Å². The zero-order chi connectivity index (χ0) is 30.8. The topological polar surface area (TPSA) is 24.5 Å². The molecule has 3 aliphatic rings. The Morgan fingerprint density at radius 3 is 2.20 bits per heavy atom. The molecule has 5 aromatic rings. The lowest BCUT2D eigenvalue weighted by atomic mass is 9.80. The maximum absolute atomic E-state index is 5.40. The van der Waals surface area contributed by atoms with Gasteiger partial charge in [-0.3, -0.25) is 0 Å². The number of fused-ring (bicyclic) bond motifs is 6.